The zero-order valence-electron chi connectivity index (χ0n) is 18.9. The number of hydrogen-bond acceptors (Lipinski definition) is 4. The van der Waals surface area contributed by atoms with Crippen molar-refractivity contribution in [3.8, 4) is 11.5 Å². The van der Waals surface area contributed by atoms with E-state index >= 15 is 0 Å². The molecule has 0 bridgehead atoms. The number of ether oxygens (including phenoxy) is 2. The van der Waals surface area contributed by atoms with E-state index < -0.39 is 12.1 Å². The van der Waals surface area contributed by atoms with Gasteiger partial charge in [-0.05, 0) is 70.1 Å². The molecule has 0 saturated heterocycles. The summed E-state index contributed by atoms with van der Waals surface area (Å²) in [5.74, 6) is 0.239. The van der Waals surface area contributed by atoms with Crippen LogP contribution >= 0.6 is 15.9 Å². The Morgan fingerprint density at radius 3 is 2.33 bits per heavy atom. The molecule has 1 unspecified atom stereocenters. The molecule has 0 aliphatic carbocycles. The Balaban J connectivity index is 1.81. The van der Waals surface area contributed by atoms with Crippen molar-refractivity contribution in [3.05, 3.63) is 82.1 Å². The van der Waals surface area contributed by atoms with Gasteiger partial charge in [-0.1, -0.05) is 30.3 Å². The van der Waals surface area contributed by atoms with Crippen LogP contribution in [0.15, 0.2) is 65.4 Å². The Hall–Kier alpha value is -2.77. The topological polar surface area (TPSA) is 80.9 Å². The SMILES string of the molecule is COc1cc(C(O)[C@H](CCCc2ccccc2)Cn2ccc(CC(=O)O)c2)cc(OC)c1Br. The van der Waals surface area contributed by atoms with E-state index in [0.717, 1.165) is 30.4 Å². The second kappa shape index (κ2) is 11.9. The van der Waals surface area contributed by atoms with Gasteiger partial charge in [-0.15, -0.1) is 0 Å². The largest absolute Gasteiger partial charge is 0.495 e. The standard InChI is InChI=1S/C26H30BrNO5/c1-32-22-14-21(15-23(33-2)25(22)27)26(31)20(10-6-9-18-7-4-3-5-8-18)17-28-12-11-19(16-28)13-24(29)30/h3-5,7-8,11-12,14-16,20,26,31H,6,9-10,13,17H2,1-2H3,(H,29,30)/t20-,26?/m1/s1. The number of halogens is 1. The molecule has 0 amide bonds. The third-order valence-corrected chi connectivity index (χ3v) is 6.53. The molecule has 2 atom stereocenters. The molecule has 2 aromatic carbocycles. The molecule has 3 rings (SSSR count). The highest BCUT2D eigenvalue weighted by Crippen LogP contribution is 2.39. The van der Waals surface area contributed by atoms with Crippen molar-refractivity contribution in [2.45, 2.75) is 38.3 Å². The molecular weight excluding hydrogens is 486 g/mol. The average Bonchev–Trinajstić information content (AvgIpc) is 3.24. The van der Waals surface area contributed by atoms with Gasteiger partial charge in [0.05, 0.1) is 26.7 Å². The molecule has 0 saturated carbocycles. The highest BCUT2D eigenvalue weighted by Gasteiger charge is 2.24. The van der Waals surface area contributed by atoms with E-state index in [9.17, 15) is 9.90 Å². The van der Waals surface area contributed by atoms with Crippen molar-refractivity contribution in [2.24, 2.45) is 5.92 Å². The third kappa shape index (κ3) is 6.85. The first-order valence-corrected chi connectivity index (χ1v) is 11.7. The molecule has 2 N–H and O–H groups in total. The van der Waals surface area contributed by atoms with E-state index in [1.807, 2.05) is 53.4 Å². The lowest BCUT2D eigenvalue weighted by Crippen LogP contribution is -2.19. The molecule has 33 heavy (non-hydrogen) atoms. The minimum absolute atomic E-state index is 0.0185. The summed E-state index contributed by atoms with van der Waals surface area (Å²) in [5, 5.41) is 20.5. The van der Waals surface area contributed by atoms with Crippen LogP contribution in [-0.2, 0) is 24.2 Å². The fraction of sp³-hybridized carbons (Fsp3) is 0.346. The molecule has 3 aromatic rings. The van der Waals surface area contributed by atoms with E-state index in [-0.39, 0.29) is 12.3 Å². The smallest absolute Gasteiger partial charge is 0.307 e. The second-order valence-corrected chi connectivity index (χ2v) is 8.90. The van der Waals surface area contributed by atoms with Gasteiger partial charge < -0.3 is 24.3 Å². The predicted octanol–water partition coefficient (Wildman–Crippen LogP) is 5.27. The highest BCUT2D eigenvalue weighted by molar-refractivity contribution is 9.10. The Bertz CT molecular complexity index is 1020. The lowest BCUT2D eigenvalue weighted by molar-refractivity contribution is -0.136. The van der Waals surface area contributed by atoms with Crippen LogP contribution in [-0.4, -0.2) is 35.0 Å². The van der Waals surface area contributed by atoms with Gasteiger partial charge >= 0.3 is 5.97 Å². The summed E-state index contributed by atoms with van der Waals surface area (Å²) in [6.07, 6.45) is 5.58. The van der Waals surface area contributed by atoms with Crippen molar-refractivity contribution in [2.75, 3.05) is 14.2 Å². The molecule has 0 radical (unpaired) electrons. The van der Waals surface area contributed by atoms with Crippen molar-refractivity contribution >= 4 is 21.9 Å². The number of carboxylic acid groups (broad SMARTS) is 1. The molecule has 6 nitrogen and oxygen atoms in total. The van der Waals surface area contributed by atoms with E-state index in [0.29, 0.717) is 22.5 Å². The van der Waals surface area contributed by atoms with Crippen molar-refractivity contribution in [1.29, 1.82) is 0 Å². The van der Waals surface area contributed by atoms with Crippen LogP contribution in [0.3, 0.4) is 0 Å². The maximum atomic E-state index is 11.4. The first kappa shape index (κ1) is 24.9. The minimum Gasteiger partial charge on any atom is -0.495 e. The molecule has 0 fully saturated rings. The summed E-state index contributed by atoms with van der Waals surface area (Å²) in [7, 11) is 3.16. The van der Waals surface area contributed by atoms with Gasteiger partial charge in [0.25, 0.3) is 0 Å². The zero-order valence-corrected chi connectivity index (χ0v) is 20.5. The highest BCUT2D eigenvalue weighted by atomic mass is 79.9. The van der Waals surface area contributed by atoms with Crippen LogP contribution < -0.4 is 9.47 Å². The lowest BCUT2D eigenvalue weighted by Gasteiger charge is -2.25. The van der Waals surface area contributed by atoms with Gasteiger partial charge in [0.15, 0.2) is 0 Å². The molecule has 0 aliphatic heterocycles. The lowest BCUT2D eigenvalue weighted by atomic mass is 9.90. The molecular formula is C26H30BrNO5. The van der Waals surface area contributed by atoms with E-state index in [1.54, 1.807) is 14.2 Å². The van der Waals surface area contributed by atoms with Crippen LogP contribution in [0, 0.1) is 5.92 Å². The Labute approximate surface area is 202 Å². The number of carbonyl (C=O) groups is 1. The predicted molar refractivity (Wildman–Crippen MR) is 131 cm³/mol. The van der Waals surface area contributed by atoms with E-state index in [1.165, 1.54) is 5.56 Å². The van der Waals surface area contributed by atoms with Crippen LogP contribution in [0.1, 0.15) is 35.6 Å². The Kier molecular flexibility index (Phi) is 8.97. The van der Waals surface area contributed by atoms with Gasteiger partial charge in [-0.2, -0.15) is 0 Å². The fourth-order valence-corrected chi connectivity index (χ4v) is 4.60. The number of benzene rings is 2. The molecule has 1 aromatic heterocycles. The number of rotatable bonds is 12. The van der Waals surface area contributed by atoms with Crippen molar-refractivity contribution in [3.63, 3.8) is 0 Å². The van der Waals surface area contributed by atoms with Gasteiger partial charge in [0.1, 0.15) is 16.0 Å². The molecule has 0 spiro atoms. The van der Waals surface area contributed by atoms with E-state index in [2.05, 4.69) is 28.1 Å². The zero-order chi connectivity index (χ0) is 23.8. The maximum absolute atomic E-state index is 11.4. The maximum Gasteiger partial charge on any atom is 0.307 e. The summed E-state index contributed by atoms with van der Waals surface area (Å²) in [6.45, 7) is 0.566. The summed E-state index contributed by atoms with van der Waals surface area (Å²) >= 11 is 3.48. The van der Waals surface area contributed by atoms with Crippen molar-refractivity contribution < 1.29 is 24.5 Å². The molecule has 1 heterocycles. The number of aliphatic carboxylic acids is 1. The first-order chi connectivity index (χ1) is 15.9. The number of methoxy groups -OCH3 is 2. The molecule has 176 valence electrons. The summed E-state index contributed by atoms with van der Waals surface area (Å²) < 4.78 is 13.6. The number of aromatic nitrogens is 1. The normalized spacial score (nSPS) is 12.8. The van der Waals surface area contributed by atoms with Gasteiger partial charge in [0, 0.05) is 24.9 Å². The summed E-state index contributed by atoms with van der Waals surface area (Å²) in [6, 6.07) is 15.8. The number of carboxylic acids is 1. The number of hydrogen-bond donors (Lipinski definition) is 2. The minimum atomic E-state index is -0.860. The monoisotopic (exact) mass is 515 g/mol. The summed E-state index contributed by atoms with van der Waals surface area (Å²) in [4.78, 5) is 11.0. The van der Waals surface area contributed by atoms with Gasteiger partial charge in [0.2, 0.25) is 0 Å². The molecule has 0 aliphatic rings. The molecule has 7 heteroatoms. The second-order valence-electron chi connectivity index (χ2n) is 8.11. The average molecular weight is 516 g/mol. The van der Waals surface area contributed by atoms with E-state index in [4.69, 9.17) is 14.6 Å². The van der Waals surface area contributed by atoms with Crippen molar-refractivity contribution in [1.82, 2.24) is 4.57 Å². The van der Waals surface area contributed by atoms with Gasteiger partial charge in [-0.25, -0.2) is 0 Å². The van der Waals surface area contributed by atoms with Crippen LogP contribution in [0.5, 0.6) is 11.5 Å². The summed E-state index contributed by atoms with van der Waals surface area (Å²) in [5.41, 5.74) is 2.73. The fourth-order valence-electron chi connectivity index (χ4n) is 4.05. The van der Waals surface area contributed by atoms with Gasteiger partial charge in [-0.3, -0.25) is 4.79 Å². The van der Waals surface area contributed by atoms with Crippen LogP contribution in [0.4, 0.5) is 0 Å². The number of nitrogens with zero attached hydrogens (tertiary/aromatic N) is 1. The Morgan fingerprint density at radius 2 is 1.73 bits per heavy atom. The third-order valence-electron chi connectivity index (χ3n) is 5.75. The van der Waals surface area contributed by atoms with Crippen LogP contribution in [0.2, 0.25) is 0 Å². The number of aliphatic hydroxyl groups excluding tert-OH is 1. The van der Waals surface area contributed by atoms with Crippen LogP contribution in [0.25, 0.3) is 0 Å². The first-order valence-electron chi connectivity index (χ1n) is 10.9. The quantitative estimate of drug-likeness (QED) is 0.343. The number of aliphatic hydroxyl groups is 1. The number of aryl methyl sites for hydroxylation is 1. The Morgan fingerprint density at radius 1 is 1.06 bits per heavy atom.